The topological polar surface area (TPSA) is 97.0 Å². The number of benzene rings is 1. The van der Waals surface area contributed by atoms with Gasteiger partial charge in [-0.2, -0.15) is 0 Å². The van der Waals surface area contributed by atoms with Gasteiger partial charge in [-0.05, 0) is 17.5 Å². The third-order valence-electron chi connectivity index (χ3n) is 4.26. The van der Waals surface area contributed by atoms with Gasteiger partial charge in [-0.1, -0.05) is 24.3 Å². The predicted octanol–water partition coefficient (Wildman–Crippen LogP) is 0.988. The van der Waals surface area contributed by atoms with Gasteiger partial charge in [-0.3, -0.25) is 14.4 Å². The summed E-state index contributed by atoms with van der Waals surface area (Å²) >= 11 is 1.35. The second-order valence-electron chi connectivity index (χ2n) is 6.01. The van der Waals surface area contributed by atoms with Crippen LogP contribution in [0.5, 0.6) is 5.75 Å². The molecule has 1 saturated heterocycles. The molecule has 1 aromatic carbocycles. The first-order chi connectivity index (χ1) is 13.6. The Bertz CT molecular complexity index is 840. The van der Waals surface area contributed by atoms with E-state index in [2.05, 4.69) is 10.6 Å². The molecule has 1 atom stereocenters. The molecule has 2 heterocycles. The van der Waals surface area contributed by atoms with Gasteiger partial charge in [0.25, 0.3) is 5.91 Å². The van der Waals surface area contributed by atoms with Crippen LogP contribution in [-0.4, -0.2) is 55.7 Å². The van der Waals surface area contributed by atoms with Gasteiger partial charge < -0.3 is 25.0 Å². The lowest BCUT2D eigenvalue weighted by atomic mass is 10.2. The van der Waals surface area contributed by atoms with Crippen LogP contribution in [0.15, 0.2) is 41.8 Å². The normalized spacial score (nSPS) is 15.9. The summed E-state index contributed by atoms with van der Waals surface area (Å²) in [6.07, 6.45) is -0.597. The Morgan fingerprint density at radius 3 is 2.71 bits per heavy atom. The van der Waals surface area contributed by atoms with Gasteiger partial charge in [-0.15, -0.1) is 11.3 Å². The molecule has 0 aliphatic carbocycles. The van der Waals surface area contributed by atoms with Crippen molar-refractivity contribution in [1.82, 2.24) is 15.5 Å². The molecule has 0 saturated carbocycles. The van der Waals surface area contributed by atoms with Crippen molar-refractivity contribution in [3.05, 3.63) is 52.2 Å². The summed E-state index contributed by atoms with van der Waals surface area (Å²) in [5, 5.41) is 6.90. The molecule has 28 heavy (non-hydrogen) atoms. The Morgan fingerprint density at radius 2 is 1.96 bits per heavy atom. The second-order valence-corrected chi connectivity index (χ2v) is 6.95. The van der Waals surface area contributed by atoms with E-state index in [1.807, 2.05) is 17.5 Å². The van der Waals surface area contributed by atoms with Gasteiger partial charge in [0, 0.05) is 18.7 Å². The van der Waals surface area contributed by atoms with Crippen molar-refractivity contribution in [2.75, 3.05) is 26.8 Å². The largest absolute Gasteiger partial charge is 0.496 e. The number of amides is 3. The minimum Gasteiger partial charge on any atom is -0.496 e. The van der Waals surface area contributed by atoms with Crippen LogP contribution in [-0.2, 0) is 20.9 Å². The summed E-state index contributed by atoms with van der Waals surface area (Å²) in [6.45, 7) is 1.03. The maximum Gasteiger partial charge on any atom is 0.309 e. The molecule has 0 unspecified atom stereocenters. The molecule has 8 nitrogen and oxygen atoms in total. The molecule has 3 amide bonds. The Morgan fingerprint density at radius 1 is 1.18 bits per heavy atom. The van der Waals surface area contributed by atoms with Gasteiger partial charge in [0.05, 0.1) is 25.1 Å². The zero-order chi connectivity index (χ0) is 19.9. The van der Waals surface area contributed by atoms with Crippen LogP contribution in [0.25, 0.3) is 0 Å². The first-order valence-electron chi connectivity index (χ1n) is 8.74. The Kier molecular flexibility index (Phi) is 6.62. The summed E-state index contributed by atoms with van der Waals surface area (Å²) in [5.74, 6) is -1.06. The molecule has 0 radical (unpaired) electrons. The fourth-order valence-corrected chi connectivity index (χ4v) is 3.51. The monoisotopic (exact) mass is 403 g/mol. The molecule has 9 heteroatoms. The van der Waals surface area contributed by atoms with Gasteiger partial charge in [0.1, 0.15) is 12.0 Å². The summed E-state index contributed by atoms with van der Waals surface area (Å²) < 4.78 is 10.7. The maximum atomic E-state index is 12.5. The molecular formula is C19H21N3O5S. The summed E-state index contributed by atoms with van der Waals surface area (Å²) in [6, 6.07) is 10.8. The van der Waals surface area contributed by atoms with Gasteiger partial charge in [0.15, 0.2) is 0 Å². The Hall–Kier alpha value is -2.91. The van der Waals surface area contributed by atoms with E-state index < -0.39 is 18.0 Å². The number of carbonyl (C=O) groups excluding carboxylic acids is 3. The van der Waals surface area contributed by atoms with E-state index in [-0.39, 0.29) is 19.0 Å². The SMILES string of the molecule is COc1ccccc1CNC(=O)C(=O)NC[C@H]1OCCN1C(=O)c1cccs1. The van der Waals surface area contributed by atoms with Crippen molar-refractivity contribution in [3.8, 4) is 5.75 Å². The number of rotatable bonds is 6. The van der Waals surface area contributed by atoms with Gasteiger partial charge in [0.2, 0.25) is 0 Å². The van der Waals surface area contributed by atoms with Crippen molar-refractivity contribution in [1.29, 1.82) is 0 Å². The second kappa shape index (κ2) is 9.34. The lowest BCUT2D eigenvalue weighted by Crippen LogP contribution is -2.47. The van der Waals surface area contributed by atoms with Crippen molar-refractivity contribution in [2.24, 2.45) is 0 Å². The lowest BCUT2D eigenvalue weighted by molar-refractivity contribution is -0.139. The third-order valence-corrected chi connectivity index (χ3v) is 5.12. The van der Waals surface area contributed by atoms with E-state index in [0.717, 1.165) is 5.56 Å². The zero-order valence-electron chi connectivity index (χ0n) is 15.3. The number of methoxy groups -OCH3 is 1. The van der Waals surface area contributed by atoms with E-state index >= 15 is 0 Å². The van der Waals surface area contributed by atoms with Crippen molar-refractivity contribution >= 4 is 29.1 Å². The Balaban J connectivity index is 1.49. The number of nitrogens with one attached hydrogen (secondary N) is 2. The summed E-state index contributed by atoms with van der Waals surface area (Å²) in [4.78, 5) is 38.7. The molecule has 1 fully saturated rings. The van der Waals surface area contributed by atoms with Crippen molar-refractivity contribution in [3.63, 3.8) is 0 Å². The highest BCUT2D eigenvalue weighted by atomic mass is 32.1. The average Bonchev–Trinajstić information content (AvgIpc) is 3.41. The third kappa shape index (κ3) is 4.68. The van der Waals surface area contributed by atoms with E-state index in [9.17, 15) is 14.4 Å². The van der Waals surface area contributed by atoms with Gasteiger partial charge >= 0.3 is 11.8 Å². The zero-order valence-corrected chi connectivity index (χ0v) is 16.2. The maximum absolute atomic E-state index is 12.5. The molecule has 0 spiro atoms. The van der Waals surface area contributed by atoms with Crippen LogP contribution in [0.4, 0.5) is 0 Å². The minimum absolute atomic E-state index is 0.0397. The molecule has 3 rings (SSSR count). The minimum atomic E-state index is -0.783. The fraction of sp³-hybridized carbons (Fsp3) is 0.316. The first kappa shape index (κ1) is 19.8. The number of hydrogen-bond acceptors (Lipinski definition) is 6. The van der Waals surface area contributed by atoms with Crippen LogP contribution >= 0.6 is 11.3 Å². The number of thiophene rings is 1. The number of nitrogens with zero attached hydrogens (tertiary/aromatic N) is 1. The smallest absolute Gasteiger partial charge is 0.309 e. The molecular weight excluding hydrogens is 382 g/mol. The quantitative estimate of drug-likeness (QED) is 0.701. The highest BCUT2D eigenvalue weighted by Gasteiger charge is 2.31. The molecule has 1 aromatic heterocycles. The highest BCUT2D eigenvalue weighted by Crippen LogP contribution is 2.18. The molecule has 2 aromatic rings. The van der Waals surface area contributed by atoms with Crippen LogP contribution < -0.4 is 15.4 Å². The van der Waals surface area contributed by atoms with Crippen LogP contribution in [0.3, 0.4) is 0 Å². The van der Waals surface area contributed by atoms with Crippen LogP contribution in [0, 0.1) is 0 Å². The highest BCUT2D eigenvalue weighted by molar-refractivity contribution is 7.12. The number of ether oxygens (including phenoxy) is 2. The molecule has 0 bridgehead atoms. The van der Waals surface area contributed by atoms with Crippen LogP contribution in [0.1, 0.15) is 15.2 Å². The average molecular weight is 403 g/mol. The van der Waals surface area contributed by atoms with Crippen molar-refractivity contribution < 1.29 is 23.9 Å². The number of para-hydroxylation sites is 1. The molecule has 1 aliphatic heterocycles. The first-order valence-corrected chi connectivity index (χ1v) is 9.62. The van der Waals surface area contributed by atoms with Gasteiger partial charge in [-0.25, -0.2) is 0 Å². The van der Waals surface area contributed by atoms with Crippen LogP contribution in [0.2, 0.25) is 0 Å². The standard InChI is InChI=1S/C19H21N3O5S/c1-26-14-6-3-2-5-13(14)11-20-17(23)18(24)21-12-16-22(8-9-27-16)19(25)15-7-4-10-28-15/h2-7,10,16H,8-9,11-12H2,1H3,(H,20,23)(H,21,24)/t16-/m1/s1. The van der Waals surface area contributed by atoms with E-state index in [1.54, 1.807) is 29.2 Å². The summed E-state index contributed by atoms with van der Waals surface area (Å²) in [7, 11) is 1.54. The number of hydrogen-bond donors (Lipinski definition) is 2. The summed E-state index contributed by atoms with van der Waals surface area (Å²) in [5.41, 5.74) is 0.762. The molecule has 2 N–H and O–H groups in total. The van der Waals surface area contributed by atoms with E-state index in [0.29, 0.717) is 23.8 Å². The lowest BCUT2D eigenvalue weighted by Gasteiger charge is -2.22. The van der Waals surface area contributed by atoms with E-state index in [1.165, 1.54) is 18.4 Å². The Labute approximate surface area is 166 Å². The molecule has 148 valence electrons. The van der Waals surface area contributed by atoms with E-state index in [4.69, 9.17) is 9.47 Å². The molecule has 1 aliphatic rings. The number of carbonyl (C=O) groups is 3. The van der Waals surface area contributed by atoms with Crippen molar-refractivity contribution in [2.45, 2.75) is 12.8 Å². The fourth-order valence-electron chi connectivity index (χ4n) is 2.83. The predicted molar refractivity (Wildman–Crippen MR) is 103 cm³/mol.